The van der Waals surface area contributed by atoms with Gasteiger partial charge in [0, 0.05) is 18.0 Å². The number of hydrogen-bond acceptors (Lipinski definition) is 0. The van der Waals surface area contributed by atoms with Crippen LogP contribution in [0.1, 0.15) is 33.4 Å². The summed E-state index contributed by atoms with van der Waals surface area (Å²) in [6, 6.07) is 11.3. The lowest BCUT2D eigenvalue weighted by molar-refractivity contribution is 1.04. The zero-order valence-corrected chi connectivity index (χ0v) is 15.0. The minimum Gasteiger partial charge on any atom is -0.323 e. The Morgan fingerprint density at radius 3 is 1.65 bits per heavy atom. The Labute approximate surface area is 139 Å². The molecule has 0 aliphatic carbocycles. The van der Waals surface area contributed by atoms with Crippen molar-refractivity contribution in [2.24, 2.45) is 0 Å². The van der Waals surface area contributed by atoms with Crippen molar-refractivity contribution in [3.8, 4) is 16.8 Å². The molecule has 0 N–H and O–H groups in total. The average molecular weight is 303 g/mol. The molecule has 0 amide bonds. The number of aromatic nitrogens is 1. The molecule has 0 bridgehead atoms. The fraction of sp³-hybridized carbons (Fsp3) is 0.273. The van der Waals surface area contributed by atoms with Crippen molar-refractivity contribution < 1.29 is 0 Å². The van der Waals surface area contributed by atoms with Gasteiger partial charge >= 0.3 is 0 Å². The second-order valence-corrected chi connectivity index (χ2v) is 6.83. The molecule has 1 nitrogen and oxygen atoms in total. The van der Waals surface area contributed by atoms with Gasteiger partial charge in [-0.05, 0) is 75.4 Å². The molecule has 0 saturated carbocycles. The third kappa shape index (κ3) is 2.84. The van der Waals surface area contributed by atoms with E-state index >= 15 is 0 Å². The Balaban J connectivity index is 2.13. The standard InChI is InChI=1S/C22H25N/c1-14-9-16(3)21(17(4)10-14)20-7-8-23(13-20)22-18(5)11-15(2)12-19(22)6/h7-13H,1-6H3. The van der Waals surface area contributed by atoms with Gasteiger partial charge in [-0.25, -0.2) is 0 Å². The van der Waals surface area contributed by atoms with Crippen molar-refractivity contribution >= 4 is 0 Å². The van der Waals surface area contributed by atoms with Crippen LogP contribution >= 0.6 is 0 Å². The first kappa shape index (κ1) is 15.6. The van der Waals surface area contributed by atoms with E-state index in [1.165, 1.54) is 50.2 Å². The monoisotopic (exact) mass is 303 g/mol. The van der Waals surface area contributed by atoms with Crippen LogP contribution in [0, 0.1) is 41.5 Å². The molecule has 0 saturated heterocycles. The summed E-state index contributed by atoms with van der Waals surface area (Å²) < 4.78 is 2.26. The maximum atomic E-state index is 2.27. The minimum atomic E-state index is 1.29. The molecule has 23 heavy (non-hydrogen) atoms. The summed E-state index contributed by atoms with van der Waals surface area (Å²) in [5.41, 5.74) is 11.9. The molecule has 0 atom stereocenters. The summed E-state index contributed by atoms with van der Waals surface area (Å²) >= 11 is 0. The van der Waals surface area contributed by atoms with Crippen molar-refractivity contribution in [1.29, 1.82) is 0 Å². The third-order valence-corrected chi connectivity index (χ3v) is 4.55. The van der Waals surface area contributed by atoms with Crippen LogP contribution in [0.25, 0.3) is 16.8 Å². The Morgan fingerprint density at radius 2 is 1.13 bits per heavy atom. The number of hydrogen-bond donors (Lipinski definition) is 0. The van der Waals surface area contributed by atoms with Gasteiger partial charge in [-0.15, -0.1) is 0 Å². The molecule has 0 fully saturated rings. The van der Waals surface area contributed by atoms with Crippen LogP contribution in [0.4, 0.5) is 0 Å². The topological polar surface area (TPSA) is 4.93 Å². The molecule has 2 aromatic carbocycles. The quantitative estimate of drug-likeness (QED) is 0.547. The molecule has 0 unspecified atom stereocenters. The van der Waals surface area contributed by atoms with Gasteiger partial charge in [0.15, 0.2) is 0 Å². The summed E-state index contributed by atoms with van der Waals surface area (Å²) in [6.45, 7) is 13.1. The van der Waals surface area contributed by atoms with E-state index < -0.39 is 0 Å². The summed E-state index contributed by atoms with van der Waals surface area (Å²) in [6.07, 6.45) is 4.44. The Hall–Kier alpha value is -2.28. The highest BCUT2D eigenvalue weighted by molar-refractivity contribution is 5.71. The van der Waals surface area contributed by atoms with Crippen LogP contribution < -0.4 is 0 Å². The molecule has 0 aliphatic rings. The maximum absolute atomic E-state index is 2.27. The minimum absolute atomic E-state index is 1.29. The van der Waals surface area contributed by atoms with Crippen LogP contribution in [-0.2, 0) is 0 Å². The second kappa shape index (κ2) is 5.73. The lowest BCUT2D eigenvalue weighted by atomic mass is 9.96. The SMILES string of the molecule is Cc1cc(C)c(-c2ccn(-c3c(C)cc(C)cc3C)c2)c(C)c1. The lowest BCUT2D eigenvalue weighted by Gasteiger charge is -2.13. The van der Waals surface area contributed by atoms with Crippen molar-refractivity contribution in [3.05, 3.63) is 76.1 Å². The first-order valence-corrected chi connectivity index (χ1v) is 8.21. The normalized spacial score (nSPS) is 11.0. The molecule has 1 aromatic heterocycles. The summed E-state index contributed by atoms with van der Waals surface area (Å²) in [5, 5.41) is 0. The van der Waals surface area contributed by atoms with Gasteiger partial charge in [0.25, 0.3) is 0 Å². The zero-order chi connectivity index (χ0) is 16.7. The van der Waals surface area contributed by atoms with E-state index in [0.717, 1.165) is 0 Å². The highest BCUT2D eigenvalue weighted by Crippen LogP contribution is 2.30. The number of benzene rings is 2. The van der Waals surface area contributed by atoms with E-state index in [2.05, 4.69) is 88.8 Å². The van der Waals surface area contributed by atoms with E-state index in [4.69, 9.17) is 0 Å². The Morgan fingerprint density at radius 1 is 0.652 bits per heavy atom. The summed E-state index contributed by atoms with van der Waals surface area (Å²) in [5.74, 6) is 0. The van der Waals surface area contributed by atoms with Crippen LogP contribution in [-0.4, -0.2) is 4.57 Å². The zero-order valence-electron chi connectivity index (χ0n) is 15.0. The molecule has 1 heterocycles. The molecule has 1 heteroatoms. The Bertz CT molecular complexity index is 763. The predicted molar refractivity (Wildman–Crippen MR) is 99.6 cm³/mol. The average Bonchev–Trinajstić information content (AvgIpc) is 2.85. The molecular formula is C22H25N. The molecule has 118 valence electrons. The van der Waals surface area contributed by atoms with E-state index in [9.17, 15) is 0 Å². The molecule has 0 radical (unpaired) electrons. The van der Waals surface area contributed by atoms with Crippen molar-refractivity contribution in [1.82, 2.24) is 4.57 Å². The molecular weight excluding hydrogens is 278 g/mol. The van der Waals surface area contributed by atoms with E-state index in [0.29, 0.717) is 0 Å². The van der Waals surface area contributed by atoms with Gasteiger partial charge < -0.3 is 4.57 Å². The molecule has 0 spiro atoms. The number of rotatable bonds is 2. The second-order valence-electron chi connectivity index (χ2n) is 6.83. The van der Waals surface area contributed by atoms with Crippen LogP contribution in [0.2, 0.25) is 0 Å². The van der Waals surface area contributed by atoms with E-state index in [-0.39, 0.29) is 0 Å². The van der Waals surface area contributed by atoms with E-state index in [1.807, 2.05) is 0 Å². The maximum Gasteiger partial charge on any atom is 0.0508 e. The van der Waals surface area contributed by atoms with Gasteiger partial charge in [0.2, 0.25) is 0 Å². The first-order chi connectivity index (χ1) is 10.9. The van der Waals surface area contributed by atoms with Crippen molar-refractivity contribution in [2.75, 3.05) is 0 Å². The smallest absolute Gasteiger partial charge is 0.0508 e. The highest BCUT2D eigenvalue weighted by Gasteiger charge is 2.11. The largest absolute Gasteiger partial charge is 0.323 e. The van der Waals surface area contributed by atoms with Crippen molar-refractivity contribution in [3.63, 3.8) is 0 Å². The highest BCUT2D eigenvalue weighted by atomic mass is 15.0. The lowest BCUT2D eigenvalue weighted by Crippen LogP contribution is -1.98. The summed E-state index contributed by atoms with van der Waals surface area (Å²) in [7, 11) is 0. The van der Waals surface area contributed by atoms with Gasteiger partial charge in [0.1, 0.15) is 0 Å². The van der Waals surface area contributed by atoms with Gasteiger partial charge in [-0.1, -0.05) is 35.4 Å². The third-order valence-electron chi connectivity index (χ3n) is 4.55. The van der Waals surface area contributed by atoms with Crippen LogP contribution in [0.3, 0.4) is 0 Å². The van der Waals surface area contributed by atoms with Gasteiger partial charge in [-0.3, -0.25) is 0 Å². The summed E-state index contributed by atoms with van der Waals surface area (Å²) in [4.78, 5) is 0. The molecule has 0 aliphatic heterocycles. The van der Waals surface area contributed by atoms with E-state index in [1.54, 1.807) is 0 Å². The predicted octanol–water partition coefficient (Wildman–Crippen LogP) is 5.99. The van der Waals surface area contributed by atoms with Crippen molar-refractivity contribution in [2.45, 2.75) is 41.5 Å². The first-order valence-electron chi connectivity index (χ1n) is 8.21. The fourth-order valence-electron chi connectivity index (χ4n) is 3.90. The van der Waals surface area contributed by atoms with Crippen LogP contribution in [0.15, 0.2) is 42.7 Å². The molecule has 3 aromatic rings. The number of nitrogens with zero attached hydrogens (tertiary/aromatic N) is 1. The fourth-order valence-corrected chi connectivity index (χ4v) is 3.90. The Kier molecular flexibility index (Phi) is 3.89. The van der Waals surface area contributed by atoms with Gasteiger partial charge in [-0.2, -0.15) is 0 Å². The van der Waals surface area contributed by atoms with Gasteiger partial charge in [0.05, 0.1) is 5.69 Å². The van der Waals surface area contributed by atoms with Crippen LogP contribution in [0.5, 0.6) is 0 Å². The number of aryl methyl sites for hydroxylation is 6. The molecule has 3 rings (SSSR count).